The van der Waals surface area contributed by atoms with Crippen molar-refractivity contribution in [2.45, 2.75) is 96.4 Å². The van der Waals surface area contributed by atoms with Crippen LogP contribution in [0.4, 0.5) is 0 Å². The van der Waals surface area contributed by atoms with E-state index in [0.29, 0.717) is 48.5 Å². The van der Waals surface area contributed by atoms with Gasteiger partial charge in [0, 0.05) is 21.1 Å². The Kier molecular flexibility index (Phi) is 13.2. The van der Waals surface area contributed by atoms with Crippen molar-refractivity contribution in [1.82, 2.24) is 0 Å². The molecule has 0 N–H and O–H groups in total. The summed E-state index contributed by atoms with van der Waals surface area (Å²) in [6, 6.07) is 13.7. The van der Waals surface area contributed by atoms with Gasteiger partial charge in [-0.05, 0) is 81.1 Å². The fourth-order valence-electron chi connectivity index (χ4n) is 5.57. The van der Waals surface area contributed by atoms with E-state index in [1.54, 1.807) is 31.4 Å². The second-order valence-corrected chi connectivity index (χ2v) is 19.8. The van der Waals surface area contributed by atoms with E-state index < -0.39 is 50.2 Å². The molecule has 1 saturated heterocycles. The second kappa shape index (κ2) is 16.9. The van der Waals surface area contributed by atoms with Crippen molar-refractivity contribution in [1.29, 1.82) is 0 Å². The third-order valence-corrected chi connectivity index (χ3v) is 10.1. The molecule has 2 aromatic rings. The van der Waals surface area contributed by atoms with Gasteiger partial charge >= 0.3 is 11.9 Å². The number of esters is 2. The Morgan fingerprint density at radius 2 is 1.77 bits per heavy atom. The van der Waals surface area contributed by atoms with E-state index in [-0.39, 0.29) is 12.7 Å². The third kappa shape index (κ3) is 10.9. The number of fused-ring (bicyclic) bond motifs is 2. The summed E-state index contributed by atoms with van der Waals surface area (Å²) < 4.78 is 41.8. The van der Waals surface area contributed by atoms with Gasteiger partial charge in [-0.25, -0.2) is 9.59 Å². The molecule has 0 spiro atoms. The molecule has 2 unspecified atom stereocenters. The van der Waals surface area contributed by atoms with Crippen LogP contribution in [0.15, 0.2) is 60.7 Å². The normalized spacial score (nSPS) is 24.9. The Hall–Kier alpha value is -3.28. The molecule has 1 fully saturated rings. The molecule has 262 valence electrons. The van der Waals surface area contributed by atoms with Gasteiger partial charge in [-0.15, -0.1) is 0 Å². The minimum atomic E-state index is -1.32. The number of carbonyl (C=O) groups excluding carboxylic acids is 2. The number of hydrogen-bond acceptors (Lipinski definition) is 9. The van der Waals surface area contributed by atoms with Gasteiger partial charge in [-0.3, -0.25) is 0 Å². The van der Waals surface area contributed by atoms with Gasteiger partial charge in [0.15, 0.2) is 5.79 Å². The standard InChI is InChI=1S/C38H52O9Si/c1-26-17-18-32(45-36(39)28-13-10-9-11-14-28)35-33(46-38(3,4)47-35)16-12-15-29-23-31(43-21-22-48(6,7)8)24-30(19-20-42-25-41-5)34(29)37(40)44-27(26)2/h9-15,17-18,23-24,26-27,32-33,35H,16,19-22,25H2,1-8H3/b15-12?,18-17-/t26-,27+,32?,33+,35?/m1/s1. The smallest absolute Gasteiger partial charge is 0.339 e. The summed E-state index contributed by atoms with van der Waals surface area (Å²) in [5.41, 5.74) is 2.37. The lowest BCUT2D eigenvalue weighted by Gasteiger charge is -2.26. The highest BCUT2D eigenvalue weighted by Gasteiger charge is 2.45. The Bertz CT molecular complexity index is 1430. The fourth-order valence-corrected chi connectivity index (χ4v) is 6.28. The average Bonchev–Trinajstić information content (AvgIpc) is 3.34. The maximum absolute atomic E-state index is 13.9. The maximum Gasteiger partial charge on any atom is 0.339 e. The van der Waals surface area contributed by atoms with E-state index in [1.807, 2.05) is 70.2 Å². The minimum absolute atomic E-state index is 0.155. The average molecular weight is 681 g/mol. The largest absolute Gasteiger partial charge is 0.494 e. The Morgan fingerprint density at radius 3 is 2.48 bits per heavy atom. The molecule has 2 heterocycles. The van der Waals surface area contributed by atoms with Crippen LogP contribution in [0.2, 0.25) is 25.7 Å². The number of rotatable bonds is 11. The van der Waals surface area contributed by atoms with Crippen LogP contribution in [0.3, 0.4) is 0 Å². The van der Waals surface area contributed by atoms with Gasteiger partial charge in [0.05, 0.1) is 30.4 Å². The van der Waals surface area contributed by atoms with Crippen molar-refractivity contribution < 1.29 is 42.7 Å². The van der Waals surface area contributed by atoms with E-state index in [1.165, 1.54) is 0 Å². The predicted molar refractivity (Wildman–Crippen MR) is 188 cm³/mol. The van der Waals surface area contributed by atoms with Gasteiger partial charge < -0.3 is 33.2 Å². The molecule has 10 heteroatoms. The zero-order chi connectivity index (χ0) is 34.9. The van der Waals surface area contributed by atoms with Crippen molar-refractivity contribution in [2.24, 2.45) is 5.92 Å². The molecule has 0 aromatic heterocycles. The van der Waals surface area contributed by atoms with Gasteiger partial charge in [0.1, 0.15) is 30.9 Å². The molecule has 0 aliphatic carbocycles. The van der Waals surface area contributed by atoms with Crippen LogP contribution in [0.1, 0.15) is 66.0 Å². The molecule has 5 atom stereocenters. The number of carbonyl (C=O) groups is 2. The number of hydrogen-bond donors (Lipinski definition) is 0. The van der Waals surface area contributed by atoms with Crippen molar-refractivity contribution in [3.05, 3.63) is 82.9 Å². The first-order valence-electron chi connectivity index (χ1n) is 16.8. The summed E-state index contributed by atoms with van der Waals surface area (Å²) >= 11 is 0. The van der Waals surface area contributed by atoms with Crippen LogP contribution < -0.4 is 4.74 Å². The molecular weight excluding hydrogens is 628 g/mol. The zero-order valence-electron chi connectivity index (χ0n) is 29.7. The van der Waals surface area contributed by atoms with Crippen LogP contribution in [0, 0.1) is 5.92 Å². The molecule has 48 heavy (non-hydrogen) atoms. The molecule has 0 bridgehead atoms. The lowest BCUT2D eigenvalue weighted by molar-refractivity contribution is -0.152. The van der Waals surface area contributed by atoms with E-state index in [2.05, 4.69) is 19.6 Å². The summed E-state index contributed by atoms with van der Waals surface area (Å²) in [7, 11) is 0.250. The molecule has 0 radical (unpaired) electrons. The Morgan fingerprint density at radius 1 is 1.02 bits per heavy atom. The highest BCUT2D eigenvalue weighted by molar-refractivity contribution is 6.76. The van der Waals surface area contributed by atoms with Gasteiger partial charge in [-0.1, -0.05) is 63.0 Å². The van der Waals surface area contributed by atoms with Crippen LogP contribution in [-0.4, -0.2) is 77.3 Å². The summed E-state index contributed by atoms with van der Waals surface area (Å²) in [4.78, 5) is 27.1. The van der Waals surface area contributed by atoms with Gasteiger partial charge in [0.25, 0.3) is 0 Å². The first-order chi connectivity index (χ1) is 22.8. The number of benzene rings is 2. The highest BCUT2D eigenvalue weighted by atomic mass is 28.3. The molecule has 4 rings (SSSR count). The topological polar surface area (TPSA) is 98.8 Å². The first kappa shape index (κ1) is 37.5. The quantitative estimate of drug-likeness (QED) is 0.0787. The number of cyclic esters (lactones) is 1. The summed E-state index contributed by atoms with van der Waals surface area (Å²) in [6.45, 7) is 15.6. The summed E-state index contributed by atoms with van der Waals surface area (Å²) in [5.74, 6) is -1.31. The molecule has 0 saturated carbocycles. The summed E-state index contributed by atoms with van der Waals surface area (Å²) in [6.07, 6.45) is 6.26. The fraction of sp³-hybridized carbons (Fsp3) is 0.526. The lowest BCUT2D eigenvalue weighted by Crippen LogP contribution is -2.37. The van der Waals surface area contributed by atoms with Crippen molar-refractivity contribution in [2.75, 3.05) is 27.1 Å². The first-order valence-corrected chi connectivity index (χ1v) is 20.5. The second-order valence-electron chi connectivity index (χ2n) is 14.1. The van der Waals surface area contributed by atoms with Crippen LogP contribution in [0.25, 0.3) is 6.08 Å². The van der Waals surface area contributed by atoms with E-state index >= 15 is 0 Å². The predicted octanol–water partition coefficient (Wildman–Crippen LogP) is 7.47. The monoisotopic (exact) mass is 680 g/mol. The van der Waals surface area contributed by atoms with Crippen LogP contribution in [0.5, 0.6) is 5.75 Å². The maximum atomic E-state index is 13.9. The molecule has 2 aliphatic rings. The molecular formula is C38H52O9Si. The molecule has 9 nitrogen and oxygen atoms in total. The van der Waals surface area contributed by atoms with Crippen molar-refractivity contribution in [3.63, 3.8) is 0 Å². The molecule has 2 aromatic carbocycles. The van der Waals surface area contributed by atoms with E-state index in [0.717, 1.165) is 11.6 Å². The van der Waals surface area contributed by atoms with E-state index in [4.69, 9.17) is 33.2 Å². The summed E-state index contributed by atoms with van der Waals surface area (Å²) in [5, 5.41) is 0. The van der Waals surface area contributed by atoms with Crippen molar-refractivity contribution in [3.8, 4) is 5.75 Å². The number of methoxy groups -OCH3 is 1. The zero-order valence-corrected chi connectivity index (χ0v) is 30.7. The van der Waals surface area contributed by atoms with Crippen LogP contribution in [-0.2, 0) is 34.8 Å². The Balaban J connectivity index is 1.72. The SMILES string of the molecule is COCOCCc1cc(OCC[Si](C)(C)C)cc2c1C(=O)O[C@@H](C)[C@H](C)/C=C\C(OC(=O)c1ccccc1)C1OC(C)(C)O[C@H]1CC=C2. The third-order valence-electron chi connectivity index (χ3n) is 8.37. The van der Waals surface area contributed by atoms with Crippen LogP contribution >= 0.6 is 0 Å². The van der Waals surface area contributed by atoms with Gasteiger partial charge in [-0.2, -0.15) is 0 Å². The van der Waals surface area contributed by atoms with E-state index in [9.17, 15) is 9.59 Å². The molecule has 2 aliphatic heterocycles. The molecule has 0 amide bonds. The van der Waals surface area contributed by atoms with Gasteiger partial charge in [0.2, 0.25) is 0 Å². The lowest BCUT2D eigenvalue weighted by atomic mass is 9.95. The van der Waals surface area contributed by atoms with Crippen molar-refractivity contribution >= 4 is 26.1 Å². The minimum Gasteiger partial charge on any atom is -0.494 e. The highest BCUT2D eigenvalue weighted by Crippen LogP contribution is 2.35. The Labute approximate surface area is 286 Å². The number of ether oxygens (including phenoxy) is 7.